The molecule has 0 spiro atoms. The monoisotopic (exact) mass is 453 g/mol. The molecule has 0 unspecified atom stereocenters. The van der Waals surface area contributed by atoms with Crippen molar-refractivity contribution in [3.8, 4) is 0 Å². The van der Waals surface area contributed by atoms with Gasteiger partial charge in [0.1, 0.15) is 5.03 Å². The number of carboxylic acids is 1. The number of hydrogen-bond acceptors (Lipinski definition) is 4. The largest absolute Gasteiger partial charge is 0.478 e. The molecule has 32 heavy (non-hydrogen) atoms. The lowest BCUT2D eigenvalue weighted by Crippen LogP contribution is -2.55. The first kappa shape index (κ1) is 21.6. The number of amides is 1. The van der Waals surface area contributed by atoms with Crippen LogP contribution in [0.25, 0.3) is 0 Å². The van der Waals surface area contributed by atoms with Gasteiger partial charge in [-0.05, 0) is 85.6 Å². The van der Waals surface area contributed by atoms with Gasteiger partial charge in [-0.25, -0.2) is 4.79 Å². The van der Waals surface area contributed by atoms with E-state index < -0.39 is 5.97 Å². The predicted molar refractivity (Wildman–Crippen MR) is 124 cm³/mol. The summed E-state index contributed by atoms with van der Waals surface area (Å²) in [6.07, 6.45) is 9.24. The smallest absolute Gasteiger partial charge is 0.335 e. The number of aromatic nitrogens is 2. The molecular formula is C25H31N3O3S. The number of nitrogens with zero attached hydrogens (tertiary/aromatic N) is 2. The van der Waals surface area contributed by atoms with Crippen molar-refractivity contribution in [1.29, 1.82) is 0 Å². The number of thioether (sulfide) groups is 1. The molecule has 0 saturated heterocycles. The van der Waals surface area contributed by atoms with Gasteiger partial charge in [0.25, 0.3) is 5.91 Å². The number of carbonyl (C=O) groups is 2. The summed E-state index contributed by atoms with van der Waals surface area (Å²) in [5.74, 6) is 3.05. The first-order valence-electron chi connectivity index (χ1n) is 11.8. The molecular weight excluding hydrogens is 422 g/mol. The van der Waals surface area contributed by atoms with E-state index in [9.17, 15) is 9.59 Å². The van der Waals surface area contributed by atoms with Crippen LogP contribution in [0.15, 0.2) is 35.5 Å². The molecule has 4 bridgehead atoms. The lowest BCUT2D eigenvalue weighted by molar-refractivity contribution is -0.0120. The quantitative estimate of drug-likeness (QED) is 0.567. The molecule has 170 valence electrons. The fourth-order valence-electron chi connectivity index (χ4n) is 6.31. The highest BCUT2D eigenvalue weighted by atomic mass is 32.2. The minimum Gasteiger partial charge on any atom is -0.478 e. The van der Waals surface area contributed by atoms with E-state index >= 15 is 0 Å². The Labute approximate surface area is 193 Å². The average Bonchev–Trinajstić information content (AvgIpc) is 3.17. The van der Waals surface area contributed by atoms with E-state index in [-0.39, 0.29) is 11.5 Å². The van der Waals surface area contributed by atoms with Gasteiger partial charge in [-0.2, -0.15) is 5.10 Å². The summed E-state index contributed by atoms with van der Waals surface area (Å²) in [5.41, 5.74) is 1.90. The second kappa shape index (κ2) is 8.93. The summed E-state index contributed by atoms with van der Waals surface area (Å²) < 4.78 is 1.88. The van der Waals surface area contributed by atoms with Gasteiger partial charge in [0.05, 0.1) is 23.9 Å². The second-order valence-electron chi connectivity index (χ2n) is 9.80. The normalized spacial score (nSPS) is 28.1. The van der Waals surface area contributed by atoms with Crippen LogP contribution in [-0.4, -0.2) is 38.6 Å². The van der Waals surface area contributed by atoms with Gasteiger partial charge in [0, 0.05) is 6.04 Å². The molecule has 1 amide bonds. The van der Waals surface area contributed by atoms with Crippen LogP contribution in [-0.2, 0) is 6.54 Å². The van der Waals surface area contributed by atoms with Gasteiger partial charge in [-0.15, -0.1) is 11.8 Å². The van der Waals surface area contributed by atoms with E-state index in [0.717, 1.165) is 34.6 Å². The van der Waals surface area contributed by atoms with Crippen LogP contribution in [0.5, 0.6) is 0 Å². The maximum atomic E-state index is 13.4. The Kier molecular flexibility index (Phi) is 6.01. The molecule has 1 aromatic heterocycles. The topological polar surface area (TPSA) is 84.2 Å². The van der Waals surface area contributed by atoms with Crippen LogP contribution in [0.3, 0.4) is 0 Å². The van der Waals surface area contributed by atoms with Gasteiger partial charge in [-0.3, -0.25) is 9.48 Å². The molecule has 0 aliphatic heterocycles. The fraction of sp³-hybridized carbons (Fsp3) is 0.560. The minimum absolute atomic E-state index is 0.00792. The molecule has 7 heteroatoms. The number of benzene rings is 1. The summed E-state index contributed by atoms with van der Waals surface area (Å²) in [6, 6.07) is 7.16. The van der Waals surface area contributed by atoms with E-state index in [1.807, 2.05) is 16.8 Å². The third kappa shape index (κ3) is 4.19. The Morgan fingerprint density at radius 1 is 1.09 bits per heavy atom. The summed E-state index contributed by atoms with van der Waals surface area (Å²) in [7, 11) is 0. The molecule has 1 heterocycles. The fourth-order valence-corrected chi connectivity index (χ4v) is 7.27. The average molecular weight is 454 g/mol. The molecule has 1 aromatic carbocycles. The van der Waals surface area contributed by atoms with Crippen molar-refractivity contribution in [2.45, 2.75) is 63.1 Å². The molecule has 4 saturated carbocycles. The van der Waals surface area contributed by atoms with Gasteiger partial charge < -0.3 is 10.4 Å². The Hall–Kier alpha value is -2.28. The van der Waals surface area contributed by atoms with Crippen molar-refractivity contribution in [2.75, 3.05) is 5.75 Å². The SMILES string of the molecule is CCCSc1c(C(=O)NC2[C@H]3C[C@@H]4C[C@@H](C[C@H]2C4)C3)cnn1Cc1ccc(C(=O)O)cc1. The van der Waals surface area contributed by atoms with Crippen molar-refractivity contribution in [2.24, 2.45) is 23.7 Å². The Bertz CT molecular complexity index is 972. The Balaban J connectivity index is 1.33. The minimum atomic E-state index is -0.932. The summed E-state index contributed by atoms with van der Waals surface area (Å²) >= 11 is 1.67. The van der Waals surface area contributed by atoms with Crippen molar-refractivity contribution < 1.29 is 14.7 Å². The number of hydrogen-bond donors (Lipinski definition) is 2. The number of rotatable bonds is 8. The van der Waals surface area contributed by atoms with Crippen molar-refractivity contribution >= 4 is 23.6 Å². The molecule has 4 aliphatic carbocycles. The first-order valence-corrected chi connectivity index (χ1v) is 12.8. The van der Waals surface area contributed by atoms with E-state index in [1.165, 1.54) is 32.1 Å². The predicted octanol–water partition coefficient (Wildman–Crippen LogP) is 4.69. The maximum absolute atomic E-state index is 13.4. The van der Waals surface area contributed by atoms with Crippen LogP contribution in [0.2, 0.25) is 0 Å². The van der Waals surface area contributed by atoms with E-state index in [2.05, 4.69) is 17.3 Å². The van der Waals surface area contributed by atoms with Crippen molar-refractivity contribution in [3.05, 3.63) is 47.2 Å². The lowest BCUT2D eigenvalue weighted by Gasteiger charge is -2.54. The molecule has 0 atom stereocenters. The van der Waals surface area contributed by atoms with Gasteiger partial charge >= 0.3 is 5.97 Å². The molecule has 0 radical (unpaired) electrons. The summed E-state index contributed by atoms with van der Waals surface area (Å²) in [4.78, 5) is 24.5. The first-order chi connectivity index (χ1) is 15.5. The second-order valence-corrected chi connectivity index (χ2v) is 10.9. The van der Waals surface area contributed by atoms with Gasteiger partial charge in [-0.1, -0.05) is 19.1 Å². The Morgan fingerprint density at radius 3 is 2.34 bits per heavy atom. The van der Waals surface area contributed by atoms with E-state index in [4.69, 9.17) is 5.11 Å². The molecule has 4 aliphatic rings. The maximum Gasteiger partial charge on any atom is 0.335 e. The van der Waals surface area contributed by atoms with Gasteiger partial charge in [0.2, 0.25) is 0 Å². The molecule has 6 nitrogen and oxygen atoms in total. The summed E-state index contributed by atoms with van der Waals surface area (Å²) in [6.45, 7) is 2.64. The van der Waals surface area contributed by atoms with Crippen LogP contribution >= 0.6 is 11.8 Å². The molecule has 4 fully saturated rings. The third-order valence-electron chi connectivity index (χ3n) is 7.54. The van der Waals surface area contributed by atoms with Crippen LogP contribution < -0.4 is 5.32 Å². The lowest BCUT2D eigenvalue weighted by atomic mass is 9.54. The number of aromatic carboxylic acids is 1. The van der Waals surface area contributed by atoms with E-state index in [1.54, 1.807) is 30.1 Å². The number of carboxylic acid groups (broad SMARTS) is 1. The third-order valence-corrected chi connectivity index (χ3v) is 8.85. The van der Waals surface area contributed by atoms with E-state index in [0.29, 0.717) is 30.0 Å². The van der Waals surface area contributed by atoms with Crippen LogP contribution in [0.1, 0.15) is 71.7 Å². The summed E-state index contributed by atoms with van der Waals surface area (Å²) in [5, 5.41) is 18.0. The molecule has 6 rings (SSSR count). The van der Waals surface area contributed by atoms with Crippen LogP contribution in [0, 0.1) is 23.7 Å². The zero-order valence-corrected chi connectivity index (χ0v) is 19.3. The van der Waals surface area contributed by atoms with Crippen molar-refractivity contribution in [1.82, 2.24) is 15.1 Å². The molecule has 2 N–H and O–H groups in total. The highest BCUT2D eigenvalue weighted by Gasteiger charge is 2.48. The highest BCUT2D eigenvalue weighted by molar-refractivity contribution is 7.99. The number of carbonyl (C=O) groups excluding carboxylic acids is 1. The van der Waals surface area contributed by atoms with Crippen LogP contribution in [0.4, 0.5) is 0 Å². The Morgan fingerprint density at radius 2 is 1.75 bits per heavy atom. The zero-order valence-electron chi connectivity index (χ0n) is 18.5. The molecule has 2 aromatic rings. The number of nitrogens with one attached hydrogen (secondary N) is 1. The zero-order chi connectivity index (χ0) is 22.2. The van der Waals surface area contributed by atoms with Gasteiger partial charge in [0.15, 0.2) is 0 Å². The van der Waals surface area contributed by atoms with Crippen molar-refractivity contribution in [3.63, 3.8) is 0 Å². The standard InChI is InChI=1S/C25H31N3O3S/c1-2-7-32-24-21(13-26-28(24)14-15-3-5-18(6-4-15)25(30)31)23(29)27-22-19-9-16-8-17(11-19)12-20(22)10-16/h3-6,13,16-17,19-20,22H,2,7-12,14H2,1H3,(H,27,29)(H,30,31)/t16-,17+,19-,20+,22?. The highest BCUT2D eigenvalue weighted by Crippen LogP contribution is 2.53.